The molecule has 10 heteroatoms. The van der Waals surface area contributed by atoms with E-state index in [9.17, 15) is 14.4 Å². The van der Waals surface area contributed by atoms with Gasteiger partial charge >= 0.3 is 5.69 Å². The Bertz CT molecular complexity index is 1290. The molecule has 1 aliphatic rings. The lowest BCUT2D eigenvalue weighted by Gasteiger charge is -2.29. The summed E-state index contributed by atoms with van der Waals surface area (Å²) in [4.78, 5) is 45.9. The number of aromatic nitrogens is 3. The number of hydrogen-bond acceptors (Lipinski definition) is 6. The van der Waals surface area contributed by atoms with E-state index in [2.05, 4.69) is 22.1 Å². The van der Waals surface area contributed by atoms with Crippen LogP contribution in [0.25, 0.3) is 10.3 Å². The number of amides is 1. The molecule has 0 saturated carbocycles. The molecule has 4 rings (SSSR count). The molecule has 8 nitrogen and oxygen atoms in total. The summed E-state index contributed by atoms with van der Waals surface area (Å²) < 4.78 is 2.91. The fraction of sp³-hybridized carbons (Fsp3) is 0.478. The third-order valence-electron chi connectivity index (χ3n) is 6.01. The van der Waals surface area contributed by atoms with Gasteiger partial charge in [-0.3, -0.25) is 18.7 Å². The van der Waals surface area contributed by atoms with Crippen molar-refractivity contribution in [3.05, 3.63) is 55.7 Å². The number of piperidine rings is 1. The first-order valence-electron chi connectivity index (χ1n) is 11.2. The summed E-state index contributed by atoms with van der Waals surface area (Å²) in [6, 6.07) is 6.92. The second-order valence-corrected chi connectivity index (χ2v) is 10.2. The zero-order chi connectivity index (χ0) is 23.7. The molecule has 1 amide bonds. The molecule has 1 saturated heterocycles. The molecule has 1 fully saturated rings. The van der Waals surface area contributed by atoms with Crippen molar-refractivity contribution in [2.24, 2.45) is 5.92 Å². The quantitative estimate of drug-likeness (QED) is 0.573. The van der Waals surface area contributed by atoms with E-state index < -0.39 is 5.69 Å². The lowest BCUT2D eigenvalue weighted by Crippen LogP contribution is -2.43. The van der Waals surface area contributed by atoms with Crippen LogP contribution in [0.2, 0.25) is 5.02 Å². The van der Waals surface area contributed by atoms with Gasteiger partial charge in [0.05, 0.1) is 0 Å². The van der Waals surface area contributed by atoms with Crippen LogP contribution in [0.4, 0.5) is 5.13 Å². The number of nitrogens with one attached hydrogen (secondary N) is 1. The average Bonchev–Trinajstić information content (AvgIpc) is 3.22. The number of rotatable bonds is 6. The third-order valence-corrected chi connectivity index (χ3v) is 7.47. The van der Waals surface area contributed by atoms with E-state index >= 15 is 0 Å². The lowest BCUT2D eigenvalue weighted by molar-refractivity contribution is -0.121. The van der Waals surface area contributed by atoms with Crippen LogP contribution in [-0.2, 0) is 17.9 Å². The van der Waals surface area contributed by atoms with Crippen molar-refractivity contribution >= 4 is 44.3 Å². The summed E-state index contributed by atoms with van der Waals surface area (Å²) in [5.74, 6) is 0.308. The Balaban J connectivity index is 1.68. The first kappa shape index (κ1) is 23.5. The fourth-order valence-corrected chi connectivity index (χ4v) is 5.27. The zero-order valence-electron chi connectivity index (χ0n) is 19.0. The van der Waals surface area contributed by atoms with E-state index in [1.807, 2.05) is 18.2 Å². The number of anilines is 1. The van der Waals surface area contributed by atoms with Gasteiger partial charge in [-0.05, 0) is 44.2 Å². The van der Waals surface area contributed by atoms with Crippen molar-refractivity contribution in [2.75, 3.05) is 18.0 Å². The van der Waals surface area contributed by atoms with Gasteiger partial charge in [0.25, 0.3) is 5.56 Å². The highest BCUT2D eigenvalue weighted by molar-refractivity contribution is 7.22. The molecule has 1 N–H and O–H groups in total. The molecule has 0 atom stereocenters. The van der Waals surface area contributed by atoms with Gasteiger partial charge < -0.3 is 10.2 Å². The minimum Gasteiger partial charge on any atom is -0.350 e. The van der Waals surface area contributed by atoms with Crippen LogP contribution >= 0.6 is 22.9 Å². The number of benzene rings is 1. The van der Waals surface area contributed by atoms with Gasteiger partial charge in [-0.2, -0.15) is 0 Å². The molecule has 33 heavy (non-hydrogen) atoms. The van der Waals surface area contributed by atoms with E-state index in [1.54, 1.807) is 19.9 Å². The second-order valence-electron chi connectivity index (χ2n) is 8.82. The van der Waals surface area contributed by atoms with Crippen LogP contribution in [0.3, 0.4) is 0 Å². The Hall–Kier alpha value is -2.65. The molecule has 3 heterocycles. The van der Waals surface area contributed by atoms with Crippen LogP contribution in [0.15, 0.2) is 33.9 Å². The van der Waals surface area contributed by atoms with E-state index in [0.29, 0.717) is 15.6 Å². The molecule has 1 aromatic carbocycles. The summed E-state index contributed by atoms with van der Waals surface area (Å²) in [5, 5.41) is 4.10. The Morgan fingerprint density at radius 2 is 1.94 bits per heavy atom. The molecule has 1 aliphatic heterocycles. The molecule has 3 aromatic rings. The number of fused-ring (bicyclic) bond motifs is 1. The van der Waals surface area contributed by atoms with Crippen molar-refractivity contribution in [1.82, 2.24) is 19.4 Å². The highest BCUT2D eigenvalue weighted by Gasteiger charge is 2.24. The Morgan fingerprint density at radius 3 is 2.61 bits per heavy atom. The highest BCUT2D eigenvalue weighted by atomic mass is 35.5. The van der Waals surface area contributed by atoms with Gasteiger partial charge in [0.2, 0.25) is 5.91 Å². The van der Waals surface area contributed by atoms with Crippen molar-refractivity contribution < 1.29 is 4.79 Å². The van der Waals surface area contributed by atoms with Crippen LogP contribution < -0.4 is 21.5 Å². The Labute approximate surface area is 200 Å². The standard InChI is InChI=1S/C23H28ClN5O3S/c1-14(2)29-21(31)19-20(26-22(33-19)27-10-8-15(3)9-11-27)28(23(29)32)13-18(30)25-12-16-6-4-5-7-17(16)24/h4-7,14-15H,8-13H2,1-3H3,(H,25,30). The van der Waals surface area contributed by atoms with Crippen molar-refractivity contribution in [2.45, 2.75) is 52.7 Å². The maximum absolute atomic E-state index is 13.2. The van der Waals surface area contributed by atoms with Crippen LogP contribution in [0, 0.1) is 5.92 Å². The minimum absolute atomic E-state index is 0.229. The average molecular weight is 490 g/mol. The Morgan fingerprint density at radius 1 is 1.24 bits per heavy atom. The predicted molar refractivity (Wildman–Crippen MR) is 132 cm³/mol. The second kappa shape index (κ2) is 9.69. The summed E-state index contributed by atoms with van der Waals surface area (Å²) >= 11 is 7.47. The molecule has 0 bridgehead atoms. The van der Waals surface area contributed by atoms with Crippen molar-refractivity contribution in [3.63, 3.8) is 0 Å². The fourth-order valence-electron chi connectivity index (χ4n) is 4.01. The number of nitrogens with zero attached hydrogens (tertiary/aromatic N) is 4. The summed E-state index contributed by atoms with van der Waals surface area (Å²) in [7, 11) is 0. The Kier molecular flexibility index (Phi) is 6.90. The number of carbonyl (C=O) groups excluding carboxylic acids is 1. The first-order valence-corrected chi connectivity index (χ1v) is 12.4. The summed E-state index contributed by atoms with van der Waals surface area (Å²) in [6.07, 6.45) is 2.12. The molecular weight excluding hydrogens is 462 g/mol. The normalized spacial score (nSPS) is 14.9. The van der Waals surface area contributed by atoms with Crippen molar-refractivity contribution in [3.8, 4) is 0 Å². The molecule has 0 aliphatic carbocycles. The van der Waals surface area contributed by atoms with Crippen LogP contribution in [0.5, 0.6) is 0 Å². The number of thiazole rings is 1. The lowest BCUT2D eigenvalue weighted by atomic mass is 10.00. The van der Waals surface area contributed by atoms with Crippen LogP contribution in [-0.4, -0.2) is 33.1 Å². The predicted octanol–water partition coefficient (Wildman–Crippen LogP) is 3.41. The zero-order valence-corrected chi connectivity index (χ0v) is 20.6. The van der Waals surface area contributed by atoms with E-state index in [-0.39, 0.29) is 36.2 Å². The topological polar surface area (TPSA) is 89.2 Å². The summed E-state index contributed by atoms with van der Waals surface area (Å²) in [6.45, 7) is 7.54. The first-order chi connectivity index (χ1) is 15.8. The number of carbonyl (C=O) groups is 1. The molecule has 176 valence electrons. The largest absolute Gasteiger partial charge is 0.350 e. The SMILES string of the molecule is CC1CCN(c2nc3c(s2)c(=O)n(C(C)C)c(=O)n3CC(=O)NCc2ccccc2Cl)CC1. The molecule has 0 unspecified atom stereocenters. The van der Waals surface area contributed by atoms with Gasteiger partial charge in [0.1, 0.15) is 11.2 Å². The monoisotopic (exact) mass is 489 g/mol. The van der Waals surface area contributed by atoms with Crippen molar-refractivity contribution in [1.29, 1.82) is 0 Å². The van der Waals surface area contributed by atoms with E-state index in [4.69, 9.17) is 11.6 Å². The maximum atomic E-state index is 13.2. The van der Waals surface area contributed by atoms with Gasteiger partial charge in [-0.15, -0.1) is 0 Å². The van der Waals surface area contributed by atoms with Crippen LogP contribution in [0.1, 0.15) is 45.2 Å². The van der Waals surface area contributed by atoms with Gasteiger partial charge in [0.15, 0.2) is 10.8 Å². The molecule has 2 aromatic heterocycles. The molecule has 0 radical (unpaired) electrons. The van der Waals surface area contributed by atoms with Gasteiger partial charge in [-0.25, -0.2) is 9.78 Å². The summed E-state index contributed by atoms with van der Waals surface area (Å²) in [5.41, 5.74) is 0.173. The van der Waals surface area contributed by atoms with Gasteiger partial charge in [-0.1, -0.05) is 48.1 Å². The van der Waals surface area contributed by atoms with Gasteiger partial charge in [0, 0.05) is 30.7 Å². The number of hydrogen-bond donors (Lipinski definition) is 1. The smallest absolute Gasteiger partial charge is 0.333 e. The van der Waals surface area contributed by atoms with E-state index in [0.717, 1.165) is 36.6 Å². The number of halogens is 1. The minimum atomic E-state index is -0.528. The maximum Gasteiger partial charge on any atom is 0.333 e. The third kappa shape index (κ3) is 4.84. The molecule has 0 spiro atoms. The highest BCUT2D eigenvalue weighted by Crippen LogP contribution is 2.29. The molecular formula is C23H28ClN5O3S. The van der Waals surface area contributed by atoms with E-state index in [1.165, 1.54) is 20.5 Å².